The van der Waals surface area contributed by atoms with Gasteiger partial charge in [-0.25, -0.2) is 4.74 Å². The molecule has 2 nitrogen and oxygen atoms in total. The van der Waals surface area contributed by atoms with Gasteiger partial charge < -0.3 is 4.74 Å². The molecule has 0 rings (SSSR count). The average Bonchev–Trinajstić information content (AvgIpc) is 1.94. The Labute approximate surface area is 91.1 Å². The van der Waals surface area contributed by atoms with Crippen LogP contribution in [-0.2, 0) is 9.47 Å². The van der Waals surface area contributed by atoms with Crippen LogP contribution in [0, 0.1) is 0 Å². The van der Waals surface area contributed by atoms with Crippen molar-refractivity contribution >= 4 is 0 Å². The average molecular weight is 294 g/mol. The monoisotopic (exact) mass is 294 g/mol. The smallest absolute Gasteiger partial charge is 0.393 e. The molecule has 0 saturated carbocycles. The second-order valence-electron chi connectivity index (χ2n) is 2.34. The van der Waals surface area contributed by atoms with E-state index in [9.17, 15) is 43.9 Å². The van der Waals surface area contributed by atoms with E-state index in [1.807, 2.05) is 0 Å². The Balaban J connectivity index is 5.09. The fourth-order valence-electron chi connectivity index (χ4n) is 0.477. The highest BCUT2D eigenvalue weighted by Crippen LogP contribution is 2.41. The van der Waals surface area contributed by atoms with Crippen LogP contribution < -0.4 is 0 Å². The largest absolute Gasteiger partial charge is 0.527 e. The van der Waals surface area contributed by atoms with Crippen molar-refractivity contribution in [3.8, 4) is 0 Å². The molecule has 0 N–H and O–H groups in total. The molecule has 0 aromatic rings. The van der Waals surface area contributed by atoms with Crippen LogP contribution in [0.5, 0.6) is 0 Å². The van der Waals surface area contributed by atoms with E-state index in [-0.39, 0.29) is 5.73 Å². The van der Waals surface area contributed by atoms with Gasteiger partial charge in [0.1, 0.15) is 0 Å². The van der Waals surface area contributed by atoms with Crippen molar-refractivity contribution < 1.29 is 53.4 Å². The van der Waals surface area contributed by atoms with Gasteiger partial charge in [0.05, 0.1) is 0 Å². The molecule has 0 aromatic carbocycles. The molecule has 0 aromatic heterocycles. The quantitative estimate of drug-likeness (QED) is 0.444. The van der Waals surface area contributed by atoms with E-state index >= 15 is 0 Å². The van der Waals surface area contributed by atoms with Gasteiger partial charge in [-0.1, -0.05) is 0 Å². The van der Waals surface area contributed by atoms with E-state index in [1.54, 1.807) is 4.74 Å². The van der Waals surface area contributed by atoms with E-state index < -0.39 is 30.7 Å². The van der Waals surface area contributed by atoms with Crippen molar-refractivity contribution in [2.75, 3.05) is 0 Å². The number of hydrogen-bond acceptors (Lipinski definition) is 2. The fraction of sp³-hybridized carbons (Fsp3) is 0.500. The zero-order chi connectivity index (χ0) is 14.8. The second-order valence-corrected chi connectivity index (χ2v) is 2.34. The molecule has 0 amide bonds. The lowest BCUT2D eigenvalue weighted by molar-refractivity contribution is -0.501. The lowest BCUT2D eigenvalue weighted by Gasteiger charge is -2.25. The highest BCUT2D eigenvalue weighted by molar-refractivity contribution is 4.87. The third-order valence-electron chi connectivity index (χ3n) is 0.993. The molecule has 0 aliphatic carbocycles. The summed E-state index contributed by atoms with van der Waals surface area (Å²) in [6.45, 7) is 0. The maximum absolute atomic E-state index is 12.3. The van der Waals surface area contributed by atoms with Gasteiger partial charge in [-0.2, -0.15) is 30.7 Å². The zero-order valence-corrected chi connectivity index (χ0v) is 7.60. The van der Waals surface area contributed by atoms with Gasteiger partial charge in [0.15, 0.2) is 0 Å². The van der Waals surface area contributed by atoms with Crippen LogP contribution in [0.25, 0.3) is 0 Å². The van der Waals surface area contributed by atoms with Gasteiger partial charge in [-0.15, -0.1) is 13.2 Å². The molecule has 0 spiro atoms. The van der Waals surface area contributed by atoms with Gasteiger partial charge in [-0.05, 0) is 0 Å². The Morgan fingerprint density at radius 3 is 1.56 bits per heavy atom. The molecule has 0 atom stereocenters. The molecule has 0 fully saturated rings. The molecule has 18 heavy (non-hydrogen) atoms. The van der Waals surface area contributed by atoms with E-state index in [1.165, 1.54) is 0 Å². The minimum atomic E-state index is -6.34. The highest BCUT2D eigenvalue weighted by atomic mass is 19.4. The van der Waals surface area contributed by atoms with Gasteiger partial charge in [0.25, 0.3) is 0 Å². The normalized spacial score (nSPS) is 13.0. The Morgan fingerprint density at radius 1 is 0.778 bits per heavy atom. The molecular weight excluding hydrogens is 294 g/mol. The summed E-state index contributed by atoms with van der Waals surface area (Å²) in [6.07, 6.45) is -21.8. The van der Waals surface area contributed by atoms with Crippen molar-refractivity contribution in [3.05, 3.63) is 17.8 Å². The molecular formula is C6F10O2. The molecule has 0 heterocycles. The summed E-state index contributed by atoms with van der Waals surface area (Å²) in [7, 11) is 0. The van der Waals surface area contributed by atoms with Crippen LogP contribution in [0.1, 0.15) is 0 Å². The van der Waals surface area contributed by atoms with Gasteiger partial charge >= 0.3 is 30.7 Å². The number of halogens is 10. The number of rotatable bonds is 4. The summed E-state index contributed by atoms with van der Waals surface area (Å²) >= 11 is 0. The van der Waals surface area contributed by atoms with E-state index in [4.69, 9.17) is 0 Å². The summed E-state index contributed by atoms with van der Waals surface area (Å²) in [5.74, 6) is 0. The topological polar surface area (TPSA) is 18.5 Å². The minimum absolute atomic E-state index is 0.0947. The molecule has 0 saturated heterocycles. The third-order valence-corrected chi connectivity index (χ3v) is 0.993. The summed E-state index contributed by atoms with van der Waals surface area (Å²) in [4.78, 5) is 0. The van der Waals surface area contributed by atoms with Crippen LogP contribution in [0.3, 0.4) is 0 Å². The molecule has 0 aliphatic heterocycles. The molecule has 0 radical (unpaired) electrons. The molecule has 0 aliphatic rings. The first-order valence-electron chi connectivity index (χ1n) is 3.46. The summed E-state index contributed by atoms with van der Waals surface area (Å²) in [5.41, 5.74) is 0.0947. The van der Waals surface area contributed by atoms with E-state index in [0.29, 0.717) is 0 Å². The third kappa shape index (κ3) is 5.27. The lowest BCUT2D eigenvalue weighted by atomic mass is 10.5. The molecule has 12 heteroatoms. The van der Waals surface area contributed by atoms with Crippen LogP contribution in [-0.4, -0.2) is 18.6 Å². The SMILES string of the molecule is FC(F)=C=C(F)OC(F)(F)C(F)(F)OC(F)(F)F. The van der Waals surface area contributed by atoms with Crippen molar-refractivity contribution in [2.24, 2.45) is 0 Å². The Morgan fingerprint density at radius 2 is 1.22 bits per heavy atom. The molecule has 0 bridgehead atoms. The van der Waals surface area contributed by atoms with Gasteiger partial charge in [0, 0.05) is 5.73 Å². The predicted octanol–water partition coefficient (Wildman–Crippen LogP) is 3.92. The van der Waals surface area contributed by atoms with Crippen molar-refractivity contribution in [3.63, 3.8) is 0 Å². The van der Waals surface area contributed by atoms with Crippen molar-refractivity contribution in [1.82, 2.24) is 0 Å². The van der Waals surface area contributed by atoms with Crippen LogP contribution in [0.4, 0.5) is 43.9 Å². The Hall–Kier alpha value is -1.42. The van der Waals surface area contributed by atoms with E-state index in [2.05, 4.69) is 4.74 Å². The van der Waals surface area contributed by atoms with Crippen LogP contribution in [0.15, 0.2) is 17.8 Å². The van der Waals surface area contributed by atoms with Crippen LogP contribution in [0.2, 0.25) is 0 Å². The Kier molecular flexibility index (Phi) is 4.66. The summed E-state index contributed by atoms with van der Waals surface area (Å²) in [6, 6.07) is -3.05. The van der Waals surface area contributed by atoms with Gasteiger partial charge in [0.2, 0.25) is 0 Å². The highest BCUT2D eigenvalue weighted by Gasteiger charge is 2.66. The predicted molar refractivity (Wildman–Crippen MR) is 32.0 cm³/mol. The van der Waals surface area contributed by atoms with Crippen molar-refractivity contribution in [2.45, 2.75) is 18.6 Å². The zero-order valence-electron chi connectivity index (χ0n) is 7.60. The van der Waals surface area contributed by atoms with Crippen LogP contribution >= 0.6 is 0 Å². The van der Waals surface area contributed by atoms with Crippen molar-refractivity contribution in [1.29, 1.82) is 0 Å². The first-order chi connectivity index (χ1) is 7.77. The first-order valence-corrected chi connectivity index (χ1v) is 3.46. The van der Waals surface area contributed by atoms with E-state index in [0.717, 1.165) is 0 Å². The maximum atomic E-state index is 12.3. The maximum Gasteiger partial charge on any atom is 0.527 e. The summed E-state index contributed by atoms with van der Waals surface area (Å²) < 4.78 is 121. The minimum Gasteiger partial charge on any atom is -0.393 e. The molecule has 0 unspecified atom stereocenters. The standard InChI is InChI=1S/C6F10O2/c7-2(8)1-3(9)17-4(10,11)5(12,13)18-6(14,15)16. The molecule has 106 valence electrons. The van der Waals surface area contributed by atoms with Gasteiger partial charge in [-0.3, -0.25) is 0 Å². The second kappa shape index (κ2) is 5.06. The Bertz CT molecular complexity index is 359. The number of alkyl halides is 7. The first kappa shape index (κ1) is 16.6. The number of ether oxygens (including phenoxy) is 2. The number of hydrogen-bond donors (Lipinski definition) is 0. The fourth-order valence-corrected chi connectivity index (χ4v) is 0.477. The lowest BCUT2D eigenvalue weighted by Crippen LogP contribution is -2.47. The summed E-state index contributed by atoms with van der Waals surface area (Å²) in [5, 5.41) is 0.